The SMILES string of the molecule is CCOC(=O)CCCC(=O)Oc1cc(C)ccc1Cl. The van der Waals surface area contributed by atoms with Gasteiger partial charge in [0.05, 0.1) is 11.6 Å². The lowest BCUT2D eigenvalue weighted by Gasteiger charge is -2.07. The van der Waals surface area contributed by atoms with Gasteiger partial charge in [-0.2, -0.15) is 0 Å². The Kier molecular flexibility index (Phi) is 6.36. The van der Waals surface area contributed by atoms with E-state index < -0.39 is 5.97 Å². The number of ether oxygens (including phenoxy) is 2. The molecule has 0 N–H and O–H groups in total. The third-order valence-corrected chi connectivity index (χ3v) is 2.69. The van der Waals surface area contributed by atoms with Gasteiger partial charge in [0.25, 0.3) is 0 Å². The molecule has 0 aliphatic carbocycles. The van der Waals surface area contributed by atoms with E-state index in [1.165, 1.54) is 0 Å². The Labute approximate surface area is 117 Å². The molecular formula is C14H17ClO4. The van der Waals surface area contributed by atoms with Crippen LogP contribution in [0.15, 0.2) is 18.2 Å². The smallest absolute Gasteiger partial charge is 0.311 e. The molecule has 0 aromatic heterocycles. The summed E-state index contributed by atoms with van der Waals surface area (Å²) in [7, 11) is 0. The molecule has 1 rings (SSSR count). The average Bonchev–Trinajstić information content (AvgIpc) is 2.34. The van der Waals surface area contributed by atoms with Gasteiger partial charge in [-0.1, -0.05) is 17.7 Å². The molecule has 5 heteroatoms. The molecule has 1 aromatic rings. The van der Waals surface area contributed by atoms with Gasteiger partial charge in [0.2, 0.25) is 0 Å². The van der Waals surface area contributed by atoms with Crippen LogP contribution in [0.2, 0.25) is 5.02 Å². The molecule has 0 spiro atoms. The molecular weight excluding hydrogens is 268 g/mol. The maximum absolute atomic E-state index is 11.6. The van der Waals surface area contributed by atoms with Crippen LogP contribution in [-0.4, -0.2) is 18.5 Å². The van der Waals surface area contributed by atoms with E-state index in [4.69, 9.17) is 21.1 Å². The summed E-state index contributed by atoms with van der Waals surface area (Å²) in [5, 5.41) is 0.393. The summed E-state index contributed by atoms with van der Waals surface area (Å²) in [6.45, 7) is 3.97. The maximum atomic E-state index is 11.6. The Hall–Kier alpha value is -1.55. The summed E-state index contributed by atoms with van der Waals surface area (Å²) in [6, 6.07) is 5.21. The summed E-state index contributed by atoms with van der Waals surface area (Å²) >= 11 is 5.91. The molecule has 0 atom stereocenters. The molecule has 0 unspecified atom stereocenters. The zero-order chi connectivity index (χ0) is 14.3. The zero-order valence-electron chi connectivity index (χ0n) is 11.1. The molecule has 0 fully saturated rings. The minimum absolute atomic E-state index is 0.156. The second kappa shape index (κ2) is 7.79. The summed E-state index contributed by atoms with van der Waals surface area (Å²) in [6.07, 6.45) is 0.772. The fraction of sp³-hybridized carbons (Fsp3) is 0.429. The second-order valence-corrected chi connectivity index (χ2v) is 4.47. The zero-order valence-corrected chi connectivity index (χ0v) is 11.8. The molecule has 0 bridgehead atoms. The molecule has 0 aliphatic heterocycles. The first-order valence-electron chi connectivity index (χ1n) is 6.15. The fourth-order valence-electron chi connectivity index (χ4n) is 1.47. The van der Waals surface area contributed by atoms with Crippen molar-refractivity contribution in [2.75, 3.05) is 6.61 Å². The number of hydrogen-bond donors (Lipinski definition) is 0. The van der Waals surface area contributed by atoms with Gasteiger partial charge in [0.15, 0.2) is 0 Å². The van der Waals surface area contributed by atoms with Crippen molar-refractivity contribution < 1.29 is 19.1 Å². The summed E-state index contributed by atoms with van der Waals surface area (Å²) in [5.41, 5.74) is 0.957. The fourth-order valence-corrected chi connectivity index (χ4v) is 1.63. The molecule has 4 nitrogen and oxygen atoms in total. The number of rotatable bonds is 6. The van der Waals surface area contributed by atoms with Crippen LogP contribution in [0.5, 0.6) is 5.75 Å². The highest BCUT2D eigenvalue weighted by molar-refractivity contribution is 6.32. The number of carbonyl (C=O) groups excluding carboxylic acids is 2. The number of benzene rings is 1. The minimum atomic E-state index is -0.406. The lowest BCUT2D eigenvalue weighted by Crippen LogP contribution is -2.10. The third-order valence-electron chi connectivity index (χ3n) is 2.38. The maximum Gasteiger partial charge on any atom is 0.311 e. The molecule has 0 heterocycles. The van der Waals surface area contributed by atoms with Crippen molar-refractivity contribution >= 4 is 23.5 Å². The van der Waals surface area contributed by atoms with Crippen molar-refractivity contribution in [3.8, 4) is 5.75 Å². The van der Waals surface area contributed by atoms with Crippen LogP contribution in [-0.2, 0) is 14.3 Å². The number of aryl methyl sites for hydroxylation is 1. The molecule has 0 saturated heterocycles. The minimum Gasteiger partial charge on any atom is -0.466 e. The monoisotopic (exact) mass is 284 g/mol. The molecule has 0 radical (unpaired) electrons. The van der Waals surface area contributed by atoms with E-state index >= 15 is 0 Å². The van der Waals surface area contributed by atoms with E-state index in [1.807, 2.05) is 13.0 Å². The number of halogens is 1. The Morgan fingerprint density at radius 3 is 2.58 bits per heavy atom. The molecule has 0 saturated carbocycles. The van der Waals surface area contributed by atoms with Crippen LogP contribution in [0, 0.1) is 6.92 Å². The Bertz CT molecular complexity index is 457. The van der Waals surface area contributed by atoms with E-state index in [0.717, 1.165) is 5.56 Å². The van der Waals surface area contributed by atoms with Gasteiger partial charge in [-0.3, -0.25) is 9.59 Å². The number of carbonyl (C=O) groups is 2. The van der Waals surface area contributed by atoms with Crippen LogP contribution in [0.3, 0.4) is 0 Å². The average molecular weight is 285 g/mol. The van der Waals surface area contributed by atoms with Gasteiger partial charge < -0.3 is 9.47 Å². The topological polar surface area (TPSA) is 52.6 Å². The number of hydrogen-bond acceptors (Lipinski definition) is 4. The van der Waals surface area contributed by atoms with Crippen LogP contribution < -0.4 is 4.74 Å². The first-order valence-corrected chi connectivity index (χ1v) is 6.53. The Morgan fingerprint density at radius 1 is 1.21 bits per heavy atom. The highest BCUT2D eigenvalue weighted by atomic mass is 35.5. The van der Waals surface area contributed by atoms with Gasteiger partial charge in [0, 0.05) is 12.8 Å². The van der Waals surface area contributed by atoms with E-state index in [1.54, 1.807) is 19.1 Å². The molecule has 104 valence electrons. The summed E-state index contributed by atoms with van der Waals surface area (Å²) < 4.78 is 9.91. The predicted octanol–water partition coefficient (Wildman–Crippen LogP) is 3.29. The van der Waals surface area contributed by atoms with Crippen molar-refractivity contribution in [2.24, 2.45) is 0 Å². The second-order valence-electron chi connectivity index (χ2n) is 4.07. The van der Waals surface area contributed by atoms with Gasteiger partial charge in [-0.05, 0) is 38.0 Å². The first-order chi connectivity index (χ1) is 9.02. The lowest BCUT2D eigenvalue weighted by atomic mass is 10.2. The van der Waals surface area contributed by atoms with Crippen molar-refractivity contribution in [3.05, 3.63) is 28.8 Å². The third kappa shape index (κ3) is 5.75. The first kappa shape index (κ1) is 15.5. The van der Waals surface area contributed by atoms with Gasteiger partial charge in [-0.25, -0.2) is 0 Å². The van der Waals surface area contributed by atoms with Crippen molar-refractivity contribution in [1.82, 2.24) is 0 Å². The van der Waals surface area contributed by atoms with Crippen LogP contribution in [0.4, 0.5) is 0 Å². The summed E-state index contributed by atoms with van der Waals surface area (Å²) in [4.78, 5) is 22.7. The van der Waals surface area contributed by atoms with Crippen molar-refractivity contribution in [1.29, 1.82) is 0 Å². The predicted molar refractivity (Wildman–Crippen MR) is 72.3 cm³/mol. The quantitative estimate of drug-likeness (QED) is 0.594. The van der Waals surface area contributed by atoms with Crippen LogP contribution >= 0.6 is 11.6 Å². The Balaban J connectivity index is 2.39. The number of esters is 2. The highest BCUT2D eigenvalue weighted by Gasteiger charge is 2.10. The van der Waals surface area contributed by atoms with Crippen LogP contribution in [0.1, 0.15) is 31.7 Å². The molecule has 19 heavy (non-hydrogen) atoms. The molecule has 0 amide bonds. The largest absolute Gasteiger partial charge is 0.466 e. The van der Waals surface area contributed by atoms with E-state index in [9.17, 15) is 9.59 Å². The van der Waals surface area contributed by atoms with Crippen molar-refractivity contribution in [3.63, 3.8) is 0 Å². The van der Waals surface area contributed by atoms with E-state index in [-0.39, 0.29) is 18.8 Å². The van der Waals surface area contributed by atoms with Gasteiger partial charge in [0.1, 0.15) is 5.75 Å². The Morgan fingerprint density at radius 2 is 1.89 bits per heavy atom. The standard InChI is InChI=1S/C14H17ClO4/c1-3-18-13(16)5-4-6-14(17)19-12-9-10(2)7-8-11(12)15/h7-9H,3-6H2,1-2H3. The van der Waals surface area contributed by atoms with Crippen LogP contribution in [0.25, 0.3) is 0 Å². The van der Waals surface area contributed by atoms with Gasteiger partial charge >= 0.3 is 11.9 Å². The lowest BCUT2D eigenvalue weighted by molar-refractivity contribution is -0.143. The van der Waals surface area contributed by atoms with Crippen molar-refractivity contribution in [2.45, 2.75) is 33.1 Å². The molecule has 1 aromatic carbocycles. The van der Waals surface area contributed by atoms with E-state index in [0.29, 0.717) is 23.8 Å². The summed E-state index contributed by atoms with van der Waals surface area (Å²) in [5.74, 6) is -0.358. The highest BCUT2D eigenvalue weighted by Crippen LogP contribution is 2.25. The van der Waals surface area contributed by atoms with Gasteiger partial charge in [-0.15, -0.1) is 0 Å². The van der Waals surface area contributed by atoms with E-state index in [2.05, 4.69) is 0 Å². The normalized spacial score (nSPS) is 10.1. The molecule has 0 aliphatic rings.